The zero-order chi connectivity index (χ0) is 14.1. The Kier molecular flexibility index (Phi) is 3.15. The molecule has 0 fully saturated rings. The second-order valence-electron chi connectivity index (χ2n) is 4.91. The highest BCUT2D eigenvalue weighted by atomic mass is 16.1. The zero-order valence-corrected chi connectivity index (χ0v) is 11.0. The largest absolute Gasteiger partial charge is 0.391 e. The van der Waals surface area contributed by atoms with Crippen molar-refractivity contribution in [3.05, 3.63) is 46.5 Å². The number of para-hydroxylation sites is 1. The SMILES string of the molecule is NCCC1CN(c2nc[nH]c(=O)c2N)c2ccccc21. The van der Waals surface area contributed by atoms with Crippen LogP contribution < -0.4 is 21.9 Å². The van der Waals surface area contributed by atoms with Gasteiger partial charge in [-0.25, -0.2) is 4.98 Å². The van der Waals surface area contributed by atoms with Crippen LogP contribution in [0.1, 0.15) is 17.9 Å². The van der Waals surface area contributed by atoms with E-state index in [-0.39, 0.29) is 11.2 Å². The fraction of sp³-hybridized carbons (Fsp3) is 0.286. The summed E-state index contributed by atoms with van der Waals surface area (Å²) in [6.07, 6.45) is 2.28. The van der Waals surface area contributed by atoms with Crippen molar-refractivity contribution >= 4 is 17.2 Å². The van der Waals surface area contributed by atoms with Crippen LogP contribution in [0.15, 0.2) is 35.4 Å². The first-order valence-electron chi connectivity index (χ1n) is 6.62. The number of H-pyrrole nitrogens is 1. The summed E-state index contributed by atoms with van der Waals surface area (Å²) < 4.78 is 0. The lowest BCUT2D eigenvalue weighted by Gasteiger charge is -2.19. The number of aromatic amines is 1. The van der Waals surface area contributed by atoms with Crippen LogP contribution in [0, 0.1) is 0 Å². The summed E-state index contributed by atoms with van der Waals surface area (Å²) in [7, 11) is 0. The molecule has 1 unspecified atom stereocenters. The number of nitrogens with one attached hydrogen (secondary N) is 1. The topological polar surface area (TPSA) is 101 Å². The van der Waals surface area contributed by atoms with Gasteiger partial charge in [0.2, 0.25) is 0 Å². The van der Waals surface area contributed by atoms with Crippen molar-refractivity contribution in [1.29, 1.82) is 0 Å². The summed E-state index contributed by atoms with van der Waals surface area (Å²) in [5, 5.41) is 0. The number of nitrogens with zero attached hydrogens (tertiary/aromatic N) is 2. The Balaban J connectivity index is 2.08. The number of nitrogens with two attached hydrogens (primary N) is 2. The second-order valence-corrected chi connectivity index (χ2v) is 4.91. The van der Waals surface area contributed by atoms with E-state index in [1.807, 2.05) is 23.1 Å². The molecule has 104 valence electrons. The molecule has 1 aliphatic rings. The molecule has 20 heavy (non-hydrogen) atoms. The molecule has 2 aromatic rings. The standard InChI is InChI=1S/C14H17N5O/c15-6-5-9-7-19(11-4-2-1-3-10(9)11)13-12(16)14(20)18-8-17-13/h1-4,8-9H,5-7,15-16H2,(H,17,18,20). The predicted molar refractivity (Wildman–Crippen MR) is 79.1 cm³/mol. The zero-order valence-electron chi connectivity index (χ0n) is 11.0. The number of anilines is 3. The van der Waals surface area contributed by atoms with E-state index >= 15 is 0 Å². The van der Waals surface area contributed by atoms with E-state index in [0.717, 1.165) is 18.7 Å². The van der Waals surface area contributed by atoms with Crippen LogP contribution in [-0.4, -0.2) is 23.1 Å². The summed E-state index contributed by atoms with van der Waals surface area (Å²) in [4.78, 5) is 20.4. The van der Waals surface area contributed by atoms with Crippen molar-refractivity contribution in [2.45, 2.75) is 12.3 Å². The van der Waals surface area contributed by atoms with Crippen LogP contribution in [0.5, 0.6) is 0 Å². The molecule has 1 aliphatic heterocycles. The molecule has 0 saturated carbocycles. The lowest BCUT2D eigenvalue weighted by atomic mass is 9.98. The maximum atomic E-state index is 11.6. The van der Waals surface area contributed by atoms with E-state index < -0.39 is 0 Å². The molecular weight excluding hydrogens is 254 g/mol. The van der Waals surface area contributed by atoms with Crippen molar-refractivity contribution in [3.63, 3.8) is 0 Å². The average molecular weight is 271 g/mol. The monoisotopic (exact) mass is 271 g/mol. The second kappa shape index (κ2) is 4.97. The lowest BCUT2D eigenvalue weighted by Crippen LogP contribution is -2.23. The maximum Gasteiger partial charge on any atom is 0.276 e. The minimum atomic E-state index is -0.310. The van der Waals surface area contributed by atoms with Gasteiger partial charge < -0.3 is 21.4 Å². The molecule has 0 amide bonds. The van der Waals surface area contributed by atoms with Gasteiger partial charge in [-0.3, -0.25) is 4.79 Å². The van der Waals surface area contributed by atoms with Gasteiger partial charge in [0, 0.05) is 18.2 Å². The highest BCUT2D eigenvalue weighted by Crippen LogP contribution is 2.42. The molecule has 3 rings (SSSR count). The van der Waals surface area contributed by atoms with Gasteiger partial charge in [-0.15, -0.1) is 0 Å². The molecule has 0 spiro atoms. The number of fused-ring (bicyclic) bond motifs is 1. The summed E-state index contributed by atoms with van der Waals surface area (Å²) >= 11 is 0. The molecular formula is C14H17N5O. The minimum Gasteiger partial charge on any atom is -0.391 e. The number of hydrogen-bond acceptors (Lipinski definition) is 5. The Bertz CT molecular complexity index is 681. The van der Waals surface area contributed by atoms with E-state index in [2.05, 4.69) is 16.0 Å². The number of nitrogen functional groups attached to an aromatic ring is 1. The Morgan fingerprint density at radius 1 is 1.40 bits per heavy atom. The van der Waals surface area contributed by atoms with Gasteiger partial charge in [0.1, 0.15) is 5.69 Å². The van der Waals surface area contributed by atoms with E-state index in [0.29, 0.717) is 18.3 Å². The smallest absolute Gasteiger partial charge is 0.276 e. The van der Waals surface area contributed by atoms with Gasteiger partial charge in [-0.2, -0.15) is 0 Å². The molecule has 2 heterocycles. The number of rotatable bonds is 3. The summed E-state index contributed by atoms with van der Waals surface area (Å²) in [5.74, 6) is 0.859. The Morgan fingerprint density at radius 2 is 2.20 bits per heavy atom. The molecule has 0 saturated heterocycles. The third kappa shape index (κ3) is 1.94. The molecule has 0 radical (unpaired) electrons. The van der Waals surface area contributed by atoms with Gasteiger partial charge in [-0.05, 0) is 24.6 Å². The van der Waals surface area contributed by atoms with Crippen LogP contribution in [-0.2, 0) is 0 Å². The van der Waals surface area contributed by atoms with Crippen LogP contribution >= 0.6 is 0 Å². The quantitative estimate of drug-likeness (QED) is 0.771. The average Bonchev–Trinajstić information content (AvgIpc) is 2.82. The maximum absolute atomic E-state index is 11.6. The fourth-order valence-corrected chi connectivity index (χ4v) is 2.76. The van der Waals surface area contributed by atoms with Crippen molar-refractivity contribution in [2.24, 2.45) is 5.73 Å². The van der Waals surface area contributed by atoms with Crippen molar-refractivity contribution in [3.8, 4) is 0 Å². The van der Waals surface area contributed by atoms with Crippen molar-refractivity contribution in [1.82, 2.24) is 9.97 Å². The van der Waals surface area contributed by atoms with Gasteiger partial charge in [0.05, 0.1) is 6.33 Å². The molecule has 6 heteroatoms. The van der Waals surface area contributed by atoms with Gasteiger partial charge in [-0.1, -0.05) is 18.2 Å². The summed E-state index contributed by atoms with van der Waals surface area (Å²) in [6.45, 7) is 1.38. The van der Waals surface area contributed by atoms with Crippen LogP contribution in [0.2, 0.25) is 0 Å². The van der Waals surface area contributed by atoms with E-state index in [4.69, 9.17) is 11.5 Å². The lowest BCUT2D eigenvalue weighted by molar-refractivity contribution is 0.667. The predicted octanol–water partition coefficient (Wildman–Crippen LogP) is 0.936. The van der Waals surface area contributed by atoms with Gasteiger partial charge >= 0.3 is 0 Å². The highest BCUT2D eigenvalue weighted by Gasteiger charge is 2.30. The third-order valence-electron chi connectivity index (χ3n) is 3.71. The van der Waals surface area contributed by atoms with E-state index in [1.165, 1.54) is 11.9 Å². The van der Waals surface area contributed by atoms with Crippen LogP contribution in [0.4, 0.5) is 17.2 Å². The molecule has 1 atom stereocenters. The molecule has 1 aromatic heterocycles. The third-order valence-corrected chi connectivity index (χ3v) is 3.71. The fourth-order valence-electron chi connectivity index (χ4n) is 2.76. The van der Waals surface area contributed by atoms with Crippen LogP contribution in [0.25, 0.3) is 0 Å². The first-order valence-corrected chi connectivity index (χ1v) is 6.62. The highest BCUT2D eigenvalue weighted by molar-refractivity contribution is 5.75. The molecule has 6 nitrogen and oxygen atoms in total. The van der Waals surface area contributed by atoms with Crippen molar-refractivity contribution in [2.75, 3.05) is 23.7 Å². The number of aromatic nitrogens is 2. The normalized spacial score (nSPS) is 17.2. The Labute approximate surface area is 116 Å². The molecule has 0 bridgehead atoms. The van der Waals surface area contributed by atoms with E-state index in [1.54, 1.807) is 0 Å². The molecule has 1 aromatic carbocycles. The van der Waals surface area contributed by atoms with Gasteiger partial charge in [0.15, 0.2) is 5.82 Å². The summed E-state index contributed by atoms with van der Waals surface area (Å²) in [6, 6.07) is 8.10. The first kappa shape index (κ1) is 12.7. The molecule has 0 aliphatic carbocycles. The van der Waals surface area contributed by atoms with E-state index in [9.17, 15) is 4.79 Å². The number of benzene rings is 1. The van der Waals surface area contributed by atoms with Crippen LogP contribution in [0.3, 0.4) is 0 Å². The summed E-state index contributed by atoms with van der Waals surface area (Å²) in [5.41, 5.74) is 13.7. The Morgan fingerprint density at radius 3 is 3.00 bits per heavy atom. The Hall–Kier alpha value is -2.34. The minimum absolute atomic E-state index is 0.149. The number of hydrogen-bond donors (Lipinski definition) is 3. The molecule has 5 N–H and O–H groups in total. The first-order chi connectivity index (χ1) is 9.72. The van der Waals surface area contributed by atoms with Crippen molar-refractivity contribution < 1.29 is 0 Å². The van der Waals surface area contributed by atoms with Gasteiger partial charge in [0.25, 0.3) is 5.56 Å².